The van der Waals surface area contributed by atoms with Crippen molar-refractivity contribution >= 4 is 15.9 Å². The van der Waals surface area contributed by atoms with E-state index in [1.807, 2.05) is 6.07 Å². The van der Waals surface area contributed by atoms with Crippen LogP contribution in [0.15, 0.2) is 18.3 Å². The number of nitrogens with zero attached hydrogens (tertiary/aromatic N) is 1. The molecule has 0 amide bonds. The Balaban J connectivity index is 2.53. The molecule has 0 spiro atoms. The number of halogens is 2. The molecule has 1 rings (SSSR count). The van der Waals surface area contributed by atoms with E-state index in [0.29, 0.717) is 5.75 Å². The third-order valence-electron chi connectivity index (χ3n) is 1.28. The minimum absolute atomic E-state index is 0.0926. The van der Waals surface area contributed by atoms with Gasteiger partial charge in [-0.05, 0) is 12.1 Å². The highest BCUT2D eigenvalue weighted by Crippen LogP contribution is 2.10. The molecule has 66 valence electrons. The average Bonchev–Trinajstić information content (AvgIpc) is 2.15. The molecule has 0 aromatic carbocycles. The van der Waals surface area contributed by atoms with Crippen molar-refractivity contribution in [2.24, 2.45) is 0 Å². The van der Waals surface area contributed by atoms with E-state index < -0.39 is 6.67 Å². The van der Waals surface area contributed by atoms with Crippen molar-refractivity contribution in [3.8, 4) is 5.75 Å². The molecule has 0 aliphatic heterocycles. The lowest BCUT2D eigenvalue weighted by atomic mass is 10.4. The first-order valence-electron chi connectivity index (χ1n) is 3.56. The number of ether oxygens (including phenoxy) is 1. The number of rotatable bonds is 4. The van der Waals surface area contributed by atoms with E-state index in [0.717, 1.165) is 11.0 Å². The molecule has 0 saturated carbocycles. The van der Waals surface area contributed by atoms with E-state index in [-0.39, 0.29) is 6.61 Å². The van der Waals surface area contributed by atoms with Crippen molar-refractivity contribution in [3.05, 3.63) is 24.0 Å². The molecule has 0 radical (unpaired) electrons. The van der Waals surface area contributed by atoms with Crippen molar-refractivity contribution in [1.29, 1.82) is 0 Å². The molecule has 0 saturated heterocycles. The topological polar surface area (TPSA) is 22.1 Å². The van der Waals surface area contributed by atoms with Crippen LogP contribution < -0.4 is 4.74 Å². The second kappa shape index (κ2) is 5.09. The van der Waals surface area contributed by atoms with E-state index in [2.05, 4.69) is 20.9 Å². The zero-order chi connectivity index (χ0) is 8.81. The smallest absolute Gasteiger partial charge is 0.137 e. The standard InChI is InChI=1S/C8H9BrFNO/c9-5-7-1-2-8(6-11-7)12-4-3-10/h1-2,6H,3-5H2. The Morgan fingerprint density at radius 2 is 2.33 bits per heavy atom. The molecule has 0 aliphatic carbocycles. The summed E-state index contributed by atoms with van der Waals surface area (Å²) in [4.78, 5) is 4.06. The van der Waals surface area contributed by atoms with Gasteiger partial charge in [-0.2, -0.15) is 0 Å². The molecule has 2 nitrogen and oxygen atoms in total. The van der Waals surface area contributed by atoms with Crippen LogP contribution in [-0.4, -0.2) is 18.3 Å². The van der Waals surface area contributed by atoms with E-state index in [1.54, 1.807) is 12.3 Å². The zero-order valence-corrected chi connectivity index (χ0v) is 8.05. The van der Waals surface area contributed by atoms with Crippen LogP contribution in [-0.2, 0) is 5.33 Å². The third kappa shape index (κ3) is 2.77. The second-order valence-electron chi connectivity index (χ2n) is 2.16. The molecule has 1 aromatic rings. The van der Waals surface area contributed by atoms with E-state index in [4.69, 9.17) is 4.74 Å². The molecule has 0 aliphatic rings. The summed E-state index contributed by atoms with van der Waals surface area (Å²) in [5.41, 5.74) is 0.933. The lowest BCUT2D eigenvalue weighted by molar-refractivity contribution is 0.272. The van der Waals surface area contributed by atoms with Crippen LogP contribution in [0.1, 0.15) is 5.69 Å². The summed E-state index contributed by atoms with van der Waals surface area (Å²) < 4.78 is 16.7. The molecule has 1 aromatic heterocycles. The van der Waals surface area contributed by atoms with Crippen molar-refractivity contribution in [2.45, 2.75) is 5.33 Å². The maximum Gasteiger partial charge on any atom is 0.137 e. The zero-order valence-electron chi connectivity index (χ0n) is 6.46. The molecule has 0 unspecified atom stereocenters. The van der Waals surface area contributed by atoms with Crippen LogP contribution in [0.2, 0.25) is 0 Å². The van der Waals surface area contributed by atoms with Gasteiger partial charge in [-0.1, -0.05) is 15.9 Å². The quantitative estimate of drug-likeness (QED) is 0.746. The van der Waals surface area contributed by atoms with E-state index >= 15 is 0 Å². The summed E-state index contributed by atoms with van der Waals surface area (Å²) in [6, 6.07) is 3.61. The number of alkyl halides is 2. The first-order valence-corrected chi connectivity index (χ1v) is 4.68. The van der Waals surface area contributed by atoms with Gasteiger partial charge in [0.2, 0.25) is 0 Å². The fourth-order valence-corrected chi connectivity index (χ4v) is 1.06. The van der Waals surface area contributed by atoms with Gasteiger partial charge in [0.05, 0.1) is 11.9 Å². The Labute approximate surface area is 78.9 Å². The van der Waals surface area contributed by atoms with Gasteiger partial charge in [-0.15, -0.1) is 0 Å². The largest absolute Gasteiger partial charge is 0.489 e. The van der Waals surface area contributed by atoms with Gasteiger partial charge in [-0.25, -0.2) is 4.39 Å². The van der Waals surface area contributed by atoms with Gasteiger partial charge >= 0.3 is 0 Å². The van der Waals surface area contributed by atoms with Gasteiger partial charge in [0.15, 0.2) is 0 Å². The van der Waals surface area contributed by atoms with Gasteiger partial charge < -0.3 is 4.74 Å². The molecule has 1 heterocycles. The fourth-order valence-electron chi connectivity index (χ4n) is 0.732. The van der Waals surface area contributed by atoms with Crippen LogP contribution in [0.3, 0.4) is 0 Å². The van der Waals surface area contributed by atoms with Gasteiger partial charge in [0.25, 0.3) is 0 Å². The molecule has 0 fully saturated rings. The maximum atomic E-state index is 11.7. The predicted molar refractivity (Wildman–Crippen MR) is 48.3 cm³/mol. The Kier molecular flexibility index (Phi) is 4.00. The third-order valence-corrected chi connectivity index (χ3v) is 1.85. The number of pyridine rings is 1. The Hall–Kier alpha value is -0.640. The minimum Gasteiger partial charge on any atom is -0.489 e. The highest BCUT2D eigenvalue weighted by atomic mass is 79.9. The van der Waals surface area contributed by atoms with Crippen LogP contribution >= 0.6 is 15.9 Å². The van der Waals surface area contributed by atoms with Gasteiger partial charge in [0, 0.05) is 5.33 Å². The Bertz CT molecular complexity index is 227. The van der Waals surface area contributed by atoms with Crippen LogP contribution in [0.5, 0.6) is 5.75 Å². The summed E-state index contributed by atoms with van der Waals surface area (Å²) >= 11 is 3.27. The lowest BCUT2D eigenvalue weighted by Gasteiger charge is -2.02. The summed E-state index contributed by atoms with van der Waals surface area (Å²) in [5, 5.41) is 0.719. The molecule has 12 heavy (non-hydrogen) atoms. The molecular weight excluding hydrogens is 225 g/mol. The maximum absolute atomic E-state index is 11.7. The molecule has 0 bridgehead atoms. The van der Waals surface area contributed by atoms with Crippen molar-refractivity contribution < 1.29 is 9.13 Å². The van der Waals surface area contributed by atoms with Gasteiger partial charge in [-0.3, -0.25) is 4.98 Å². The van der Waals surface area contributed by atoms with Crippen molar-refractivity contribution in [2.75, 3.05) is 13.3 Å². The van der Waals surface area contributed by atoms with E-state index in [1.165, 1.54) is 0 Å². The fraction of sp³-hybridized carbons (Fsp3) is 0.375. The first-order chi connectivity index (χ1) is 5.86. The first kappa shape index (κ1) is 9.45. The average molecular weight is 234 g/mol. The summed E-state index contributed by atoms with van der Waals surface area (Å²) in [5.74, 6) is 0.609. The highest BCUT2D eigenvalue weighted by Gasteiger charge is 1.94. The van der Waals surface area contributed by atoms with Crippen LogP contribution in [0.4, 0.5) is 4.39 Å². The van der Waals surface area contributed by atoms with Crippen LogP contribution in [0.25, 0.3) is 0 Å². The van der Waals surface area contributed by atoms with Gasteiger partial charge in [0.1, 0.15) is 19.0 Å². The number of hydrogen-bond acceptors (Lipinski definition) is 2. The SMILES string of the molecule is FCCOc1ccc(CBr)nc1. The normalized spacial score (nSPS) is 9.83. The second-order valence-corrected chi connectivity index (χ2v) is 2.72. The molecule has 0 atom stereocenters. The van der Waals surface area contributed by atoms with Crippen molar-refractivity contribution in [1.82, 2.24) is 4.98 Å². The van der Waals surface area contributed by atoms with Crippen LogP contribution in [0, 0.1) is 0 Å². The summed E-state index contributed by atoms with van der Waals surface area (Å²) in [6.07, 6.45) is 1.59. The molecular formula is C8H9BrFNO. The van der Waals surface area contributed by atoms with E-state index in [9.17, 15) is 4.39 Å². The Morgan fingerprint density at radius 1 is 1.50 bits per heavy atom. The molecule has 4 heteroatoms. The molecule has 0 N–H and O–H groups in total. The number of aromatic nitrogens is 1. The predicted octanol–water partition coefficient (Wildman–Crippen LogP) is 2.32. The van der Waals surface area contributed by atoms with Crippen molar-refractivity contribution in [3.63, 3.8) is 0 Å². The highest BCUT2D eigenvalue weighted by molar-refractivity contribution is 9.08. The summed E-state index contributed by atoms with van der Waals surface area (Å²) in [6.45, 7) is -0.379. The minimum atomic E-state index is -0.472. The monoisotopic (exact) mass is 233 g/mol. The Morgan fingerprint density at radius 3 is 2.83 bits per heavy atom. The lowest BCUT2D eigenvalue weighted by Crippen LogP contribution is -1.99. The number of hydrogen-bond donors (Lipinski definition) is 0. The summed E-state index contributed by atoms with van der Waals surface area (Å²) in [7, 11) is 0.